The first-order valence-corrected chi connectivity index (χ1v) is 11.9. The monoisotopic (exact) mass is 482 g/mol. The molecule has 7 N–H and O–H groups in total. The van der Waals surface area contributed by atoms with Gasteiger partial charge in [0.1, 0.15) is 24.1 Å². The summed E-state index contributed by atoms with van der Waals surface area (Å²) < 4.78 is 50.2. The minimum absolute atomic E-state index is 0.00212. The second-order valence-corrected chi connectivity index (χ2v) is 10.0. The van der Waals surface area contributed by atoms with Crippen molar-refractivity contribution in [3.05, 3.63) is 24.7 Å². The van der Waals surface area contributed by atoms with E-state index in [1.54, 1.807) is 0 Å². The Morgan fingerprint density at radius 2 is 1.72 bits per heavy atom. The number of hydrogen-bond acceptors (Lipinski definition) is 11. The van der Waals surface area contributed by atoms with Crippen LogP contribution in [0.4, 0.5) is 0 Å². The summed E-state index contributed by atoms with van der Waals surface area (Å²) in [5.74, 6) is -0.495. The van der Waals surface area contributed by atoms with Crippen LogP contribution >= 0.6 is 23.5 Å². The molecule has 0 aromatic rings. The van der Waals surface area contributed by atoms with Gasteiger partial charge in [-0.05, 0) is 0 Å². The molecule has 1 saturated heterocycles. The number of aliphatic hydroxyl groups is 2. The largest absolute Gasteiger partial charge is 0.490 e. The van der Waals surface area contributed by atoms with Gasteiger partial charge in [0.05, 0.1) is 6.61 Å². The first kappa shape index (κ1) is 24.3. The van der Waals surface area contributed by atoms with Gasteiger partial charge in [-0.25, -0.2) is 13.7 Å². The second kappa shape index (κ2) is 8.65. The quantitative estimate of drug-likeness (QED) is 0.189. The fourth-order valence-electron chi connectivity index (χ4n) is 2.29. The lowest BCUT2D eigenvalue weighted by Gasteiger charge is -2.32. The van der Waals surface area contributed by atoms with Crippen molar-refractivity contribution in [2.45, 2.75) is 24.5 Å². The number of aliphatic hydroxyl groups excluding tert-OH is 2. The van der Waals surface area contributed by atoms with Crippen molar-refractivity contribution in [2.75, 3.05) is 6.61 Å². The maximum Gasteiger partial charge on any atom is 0.490 e. The molecule has 0 radical (unpaired) electrons. The number of phosphoric ester groups is 1. The van der Waals surface area contributed by atoms with Crippen molar-refractivity contribution in [3.63, 3.8) is 0 Å². The SMILES string of the molecule is C=C1NC(=O)C=CN1C1OC(COP(=O)(O)OP(=O)(O)OP(=O)(O)O)C(O)C1O. The van der Waals surface area contributed by atoms with E-state index in [0.717, 1.165) is 11.0 Å². The van der Waals surface area contributed by atoms with E-state index >= 15 is 0 Å². The summed E-state index contributed by atoms with van der Waals surface area (Å²) in [7, 11) is -16.7. The van der Waals surface area contributed by atoms with Crippen molar-refractivity contribution < 1.29 is 66.2 Å². The molecule has 0 aliphatic carbocycles. The molecule has 0 saturated carbocycles. The van der Waals surface area contributed by atoms with E-state index in [1.807, 2.05) is 0 Å². The van der Waals surface area contributed by atoms with E-state index in [9.17, 15) is 33.6 Å². The fraction of sp³-hybridized carbons (Fsp3) is 0.500. The van der Waals surface area contributed by atoms with Crippen LogP contribution in [0.2, 0.25) is 0 Å². The Morgan fingerprint density at radius 1 is 1.10 bits per heavy atom. The predicted octanol–water partition coefficient (Wildman–Crippen LogP) is -1.81. The molecule has 0 spiro atoms. The highest BCUT2D eigenvalue weighted by atomic mass is 31.3. The summed E-state index contributed by atoms with van der Waals surface area (Å²) in [6.45, 7) is 2.56. The second-order valence-electron chi connectivity index (χ2n) is 5.59. The lowest BCUT2D eigenvalue weighted by atomic mass is 10.1. The van der Waals surface area contributed by atoms with Gasteiger partial charge < -0.3 is 44.7 Å². The van der Waals surface area contributed by atoms with E-state index < -0.39 is 60.5 Å². The van der Waals surface area contributed by atoms with Gasteiger partial charge in [0.25, 0.3) is 5.91 Å². The average Bonchev–Trinajstić information content (AvgIpc) is 2.78. The highest BCUT2D eigenvalue weighted by Crippen LogP contribution is 2.66. The maximum absolute atomic E-state index is 11.7. The zero-order valence-electron chi connectivity index (χ0n) is 14.1. The van der Waals surface area contributed by atoms with Crippen molar-refractivity contribution in [3.8, 4) is 0 Å². The number of rotatable bonds is 8. The third-order valence-corrected chi connectivity index (χ3v) is 7.20. The van der Waals surface area contributed by atoms with E-state index in [-0.39, 0.29) is 5.82 Å². The number of hydrogen-bond donors (Lipinski definition) is 7. The van der Waals surface area contributed by atoms with Crippen LogP contribution in [0.1, 0.15) is 0 Å². The van der Waals surface area contributed by atoms with Gasteiger partial charge in [-0.3, -0.25) is 9.32 Å². The molecule has 1 amide bonds. The Morgan fingerprint density at radius 3 is 2.28 bits per heavy atom. The van der Waals surface area contributed by atoms with Crippen LogP contribution in [0.5, 0.6) is 0 Å². The van der Waals surface area contributed by atoms with Crippen molar-refractivity contribution >= 4 is 29.4 Å². The third kappa shape index (κ3) is 6.77. The van der Waals surface area contributed by atoms with Crippen LogP contribution in [0.3, 0.4) is 0 Å². The minimum Gasteiger partial charge on any atom is -0.387 e. The zero-order chi connectivity index (χ0) is 22.2. The average molecular weight is 482 g/mol. The van der Waals surface area contributed by atoms with Gasteiger partial charge in [0.2, 0.25) is 0 Å². The van der Waals surface area contributed by atoms with E-state index in [4.69, 9.17) is 19.4 Å². The Kier molecular flexibility index (Phi) is 7.25. The molecule has 2 heterocycles. The Balaban J connectivity index is 2.00. The summed E-state index contributed by atoms with van der Waals surface area (Å²) in [5.41, 5.74) is 0. The first-order chi connectivity index (χ1) is 13.1. The van der Waals surface area contributed by atoms with Gasteiger partial charge in [-0.15, -0.1) is 0 Å². The summed E-state index contributed by atoms with van der Waals surface area (Å²) in [6.07, 6.45) is -3.74. The van der Waals surface area contributed by atoms with E-state index in [0.29, 0.717) is 0 Å². The molecule has 2 aliphatic rings. The van der Waals surface area contributed by atoms with Crippen molar-refractivity contribution in [1.29, 1.82) is 0 Å². The number of carbonyl (C=O) groups excluding carboxylic acids is 1. The molecule has 0 aromatic heterocycles. The summed E-state index contributed by atoms with van der Waals surface area (Å²) >= 11 is 0. The molecule has 2 rings (SSSR count). The molecular weight excluding hydrogens is 465 g/mol. The number of nitrogens with zero attached hydrogens (tertiary/aromatic N) is 1. The van der Waals surface area contributed by atoms with E-state index in [2.05, 4.69) is 25.0 Å². The molecule has 0 bridgehead atoms. The lowest BCUT2D eigenvalue weighted by molar-refractivity contribution is -0.118. The van der Waals surface area contributed by atoms with Crippen LogP contribution in [0.25, 0.3) is 0 Å². The van der Waals surface area contributed by atoms with Gasteiger partial charge in [-0.1, -0.05) is 6.58 Å². The zero-order valence-corrected chi connectivity index (χ0v) is 16.8. The topological polar surface area (TPSA) is 242 Å². The highest BCUT2D eigenvalue weighted by molar-refractivity contribution is 7.66. The van der Waals surface area contributed by atoms with Crippen molar-refractivity contribution in [2.24, 2.45) is 0 Å². The number of nitrogens with one attached hydrogen (secondary N) is 1. The molecule has 2 aliphatic heterocycles. The van der Waals surface area contributed by atoms with Crippen LogP contribution in [0.15, 0.2) is 24.7 Å². The number of phosphoric acid groups is 3. The number of ether oxygens (including phenoxy) is 1. The molecule has 19 heteroatoms. The van der Waals surface area contributed by atoms with Gasteiger partial charge >= 0.3 is 23.5 Å². The highest BCUT2D eigenvalue weighted by Gasteiger charge is 2.48. The minimum atomic E-state index is -5.70. The molecule has 0 aromatic carbocycles. The number of carbonyl (C=O) groups is 1. The van der Waals surface area contributed by atoms with E-state index in [1.165, 1.54) is 6.20 Å². The molecule has 29 heavy (non-hydrogen) atoms. The number of amides is 1. The van der Waals surface area contributed by atoms with Gasteiger partial charge in [-0.2, -0.15) is 8.62 Å². The van der Waals surface area contributed by atoms with Gasteiger partial charge in [0, 0.05) is 12.3 Å². The normalized spacial score (nSPS) is 32.0. The predicted molar refractivity (Wildman–Crippen MR) is 88.8 cm³/mol. The van der Waals surface area contributed by atoms with Crippen LogP contribution in [0, 0.1) is 0 Å². The molecule has 6 unspecified atom stereocenters. The molecule has 166 valence electrons. The molecule has 6 atom stereocenters. The Bertz CT molecular complexity index is 839. The standard InChI is InChI=1S/C10H17N2O14P3/c1-5-11-7(13)2-3-12(5)10-9(15)8(14)6(24-10)4-23-28(19,20)26-29(21,22)25-27(16,17)18/h2-3,6,8-10,14-15H,1,4H2,(H,11,13)(H,19,20)(H,21,22)(H2,16,17,18). The first-order valence-electron chi connectivity index (χ1n) is 7.37. The maximum atomic E-state index is 11.7. The lowest BCUT2D eigenvalue weighted by Crippen LogP contribution is -2.46. The smallest absolute Gasteiger partial charge is 0.387 e. The fourth-order valence-corrected chi connectivity index (χ4v) is 5.32. The molecule has 16 nitrogen and oxygen atoms in total. The van der Waals surface area contributed by atoms with Crippen LogP contribution < -0.4 is 5.32 Å². The summed E-state index contributed by atoms with van der Waals surface area (Å²) in [5, 5.41) is 22.4. The molecular formula is C10H17N2O14P3. The Hall–Kier alpha value is -0.960. The van der Waals surface area contributed by atoms with Crippen molar-refractivity contribution in [1.82, 2.24) is 10.2 Å². The van der Waals surface area contributed by atoms with Gasteiger partial charge in [0.15, 0.2) is 6.23 Å². The summed E-state index contributed by atoms with van der Waals surface area (Å²) in [6, 6.07) is 0. The Labute approximate surface area is 162 Å². The molecule has 1 fully saturated rings. The van der Waals surface area contributed by atoms with Crippen LogP contribution in [-0.4, -0.2) is 71.7 Å². The van der Waals surface area contributed by atoms with Crippen LogP contribution in [-0.2, 0) is 36.4 Å². The summed E-state index contributed by atoms with van der Waals surface area (Å²) in [4.78, 5) is 47.7. The third-order valence-electron chi connectivity index (χ3n) is 3.39.